The molecule has 1 heterocycles. The van der Waals surface area contributed by atoms with Crippen molar-refractivity contribution in [3.8, 4) is 6.07 Å². The fraction of sp³-hybridized carbons (Fsp3) is 0. The summed E-state index contributed by atoms with van der Waals surface area (Å²) in [5, 5.41) is 9.35. The van der Waals surface area contributed by atoms with Gasteiger partial charge in [-0.2, -0.15) is 5.26 Å². The number of nitrogens with two attached hydrogens (primary N) is 1. The molecule has 1 amide bonds. The number of benzene rings is 1. The van der Waals surface area contributed by atoms with Crippen molar-refractivity contribution in [1.82, 2.24) is 0 Å². The molecule has 0 spiro atoms. The van der Waals surface area contributed by atoms with Gasteiger partial charge in [0, 0.05) is 5.39 Å². The Labute approximate surface area is 79.5 Å². The van der Waals surface area contributed by atoms with Gasteiger partial charge in [-0.3, -0.25) is 4.79 Å². The number of furan rings is 1. The summed E-state index contributed by atoms with van der Waals surface area (Å²) >= 11 is 0. The van der Waals surface area contributed by atoms with E-state index in [4.69, 9.17) is 15.4 Å². The molecular formula is C10H6N2O2. The minimum Gasteiger partial charge on any atom is -0.451 e. The summed E-state index contributed by atoms with van der Waals surface area (Å²) in [6.07, 6.45) is 0. The second kappa shape index (κ2) is 2.89. The maximum absolute atomic E-state index is 10.8. The summed E-state index contributed by atoms with van der Waals surface area (Å²) in [6, 6.07) is 8.43. The van der Waals surface area contributed by atoms with E-state index in [0.29, 0.717) is 16.5 Å². The van der Waals surface area contributed by atoms with Crippen LogP contribution in [0.1, 0.15) is 16.1 Å². The van der Waals surface area contributed by atoms with Crippen LogP contribution in [0.4, 0.5) is 0 Å². The molecule has 2 aromatic rings. The molecule has 0 bridgehead atoms. The number of amides is 1. The molecule has 0 saturated carbocycles. The van der Waals surface area contributed by atoms with Crippen LogP contribution < -0.4 is 5.73 Å². The number of hydrogen-bond acceptors (Lipinski definition) is 3. The van der Waals surface area contributed by atoms with Gasteiger partial charge < -0.3 is 10.2 Å². The number of nitrogens with zero attached hydrogens (tertiary/aromatic N) is 1. The summed E-state index contributed by atoms with van der Waals surface area (Å²) in [7, 11) is 0. The van der Waals surface area contributed by atoms with E-state index in [1.54, 1.807) is 18.2 Å². The lowest BCUT2D eigenvalue weighted by Crippen LogP contribution is -2.08. The van der Waals surface area contributed by atoms with Gasteiger partial charge in [0.2, 0.25) is 0 Å². The highest BCUT2D eigenvalue weighted by atomic mass is 16.3. The zero-order valence-electron chi connectivity index (χ0n) is 7.15. The predicted molar refractivity (Wildman–Crippen MR) is 49.4 cm³/mol. The van der Waals surface area contributed by atoms with Crippen LogP contribution in [0.3, 0.4) is 0 Å². The first-order valence-corrected chi connectivity index (χ1v) is 3.94. The van der Waals surface area contributed by atoms with Crippen molar-refractivity contribution in [3.05, 3.63) is 35.6 Å². The van der Waals surface area contributed by atoms with Gasteiger partial charge in [-0.1, -0.05) is 0 Å². The van der Waals surface area contributed by atoms with E-state index in [1.165, 1.54) is 6.07 Å². The maximum atomic E-state index is 10.8. The number of hydrogen-bond donors (Lipinski definition) is 1. The van der Waals surface area contributed by atoms with E-state index in [1.807, 2.05) is 6.07 Å². The van der Waals surface area contributed by atoms with E-state index in [0.717, 1.165) is 0 Å². The van der Waals surface area contributed by atoms with E-state index in [-0.39, 0.29) is 5.76 Å². The molecule has 14 heavy (non-hydrogen) atoms. The number of carbonyl (C=O) groups is 1. The minimum absolute atomic E-state index is 0.107. The third-order valence-corrected chi connectivity index (χ3v) is 1.89. The van der Waals surface area contributed by atoms with Crippen molar-refractivity contribution in [2.45, 2.75) is 0 Å². The molecule has 0 aliphatic heterocycles. The van der Waals surface area contributed by atoms with E-state index >= 15 is 0 Å². The first-order valence-electron chi connectivity index (χ1n) is 3.94. The molecule has 0 unspecified atom stereocenters. The van der Waals surface area contributed by atoms with E-state index in [9.17, 15) is 4.79 Å². The van der Waals surface area contributed by atoms with Crippen LogP contribution in [-0.2, 0) is 0 Å². The van der Waals surface area contributed by atoms with E-state index in [2.05, 4.69) is 0 Å². The topological polar surface area (TPSA) is 80.0 Å². The molecule has 2 N–H and O–H groups in total. The van der Waals surface area contributed by atoms with Crippen LogP contribution in [0.2, 0.25) is 0 Å². The number of primary amides is 1. The molecule has 2 rings (SSSR count). The van der Waals surface area contributed by atoms with Crippen molar-refractivity contribution < 1.29 is 9.21 Å². The smallest absolute Gasteiger partial charge is 0.284 e. The maximum Gasteiger partial charge on any atom is 0.284 e. The van der Waals surface area contributed by atoms with Crippen LogP contribution in [0.25, 0.3) is 11.0 Å². The van der Waals surface area contributed by atoms with Crippen LogP contribution in [0.5, 0.6) is 0 Å². The molecule has 0 aliphatic carbocycles. The quantitative estimate of drug-likeness (QED) is 0.730. The molecule has 0 saturated heterocycles. The Morgan fingerprint density at radius 3 is 2.86 bits per heavy atom. The van der Waals surface area contributed by atoms with Gasteiger partial charge in [0.15, 0.2) is 5.76 Å². The van der Waals surface area contributed by atoms with Crippen molar-refractivity contribution in [2.24, 2.45) is 5.73 Å². The van der Waals surface area contributed by atoms with Gasteiger partial charge in [-0.05, 0) is 24.3 Å². The average molecular weight is 186 g/mol. The molecule has 1 aromatic heterocycles. The van der Waals surface area contributed by atoms with Gasteiger partial charge in [-0.15, -0.1) is 0 Å². The van der Waals surface area contributed by atoms with Gasteiger partial charge in [0.1, 0.15) is 5.58 Å². The molecule has 0 atom stereocenters. The zero-order chi connectivity index (χ0) is 10.1. The molecule has 0 radical (unpaired) electrons. The van der Waals surface area contributed by atoms with Gasteiger partial charge in [0.05, 0.1) is 11.6 Å². The van der Waals surface area contributed by atoms with Crippen molar-refractivity contribution >= 4 is 16.9 Å². The van der Waals surface area contributed by atoms with Crippen molar-refractivity contribution in [1.29, 1.82) is 5.26 Å². The van der Waals surface area contributed by atoms with Crippen LogP contribution in [0.15, 0.2) is 28.7 Å². The fourth-order valence-electron chi connectivity index (χ4n) is 1.23. The molecule has 1 aromatic carbocycles. The van der Waals surface area contributed by atoms with Crippen LogP contribution in [-0.4, -0.2) is 5.91 Å². The largest absolute Gasteiger partial charge is 0.451 e. The van der Waals surface area contributed by atoms with Gasteiger partial charge >= 0.3 is 0 Å². The third-order valence-electron chi connectivity index (χ3n) is 1.89. The lowest BCUT2D eigenvalue weighted by Gasteiger charge is -1.87. The standard InChI is InChI=1S/C10H6N2O2/c11-5-6-1-2-8-7(3-6)4-9(14-8)10(12)13/h1-4H,(H2,12,13). The Hall–Kier alpha value is -2.28. The zero-order valence-corrected chi connectivity index (χ0v) is 7.15. The first-order chi connectivity index (χ1) is 6.70. The minimum atomic E-state index is -0.611. The molecule has 4 heteroatoms. The predicted octanol–water partition coefficient (Wildman–Crippen LogP) is 1.40. The third kappa shape index (κ3) is 1.21. The van der Waals surface area contributed by atoms with Crippen LogP contribution >= 0.6 is 0 Å². The number of nitriles is 1. The summed E-state index contributed by atoms with van der Waals surface area (Å²) in [6.45, 7) is 0. The highest BCUT2D eigenvalue weighted by Gasteiger charge is 2.08. The highest BCUT2D eigenvalue weighted by Crippen LogP contribution is 2.20. The number of rotatable bonds is 1. The highest BCUT2D eigenvalue weighted by molar-refractivity contribution is 5.95. The second-order valence-electron chi connectivity index (χ2n) is 2.84. The summed E-state index contributed by atoms with van der Waals surface area (Å²) < 4.78 is 5.14. The summed E-state index contributed by atoms with van der Waals surface area (Å²) in [5.74, 6) is -0.505. The SMILES string of the molecule is N#Cc1ccc2oc(C(N)=O)cc2c1. The Kier molecular flexibility index (Phi) is 1.72. The average Bonchev–Trinajstić information content (AvgIpc) is 2.59. The number of carbonyl (C=O) groups excluding carboxylic acids is 1. The van der Waals surface area contributed by atoms with E-state index < -0.39 is 5.91 Å². The second-order valence-corrected chi connectivity index (χ2v) is 2.84. The summed E-state index contributed by atoms with van der Waals surface area (Å²) in [5.41, 5.74) is 6.13. The first kappa shape index (κ1) is 8.32. The molecule has 4 nitrogen and oxygen atoms in total. The van der Waals surface area contributed by atoms with Crippen LogP contribution in [0, 0.1) is 11.3 Å². The van der Waals surface area contributed by atoms with Gasteiger partial charge in [0.25, 0.3) is 5.91 Å². The monoisotopic (exact) mass is 186 g/mol. The van der Waals surface area contributed by atoms with Gasteiger partial charge in [-0.25, -0.2) is 0 Å². The summed E-state index contributed by atoms with van der Waals surface area (Å²) in [4.78, 5) is 10.8. The Morgan fingerprint density at radius 2 is 2.21 bits per heavy atom. The lowest BCUT2D eigenvalue weighted by atomic mass is 10.2. The Bertz CT molecular complexity index is 549. The molecule has 0 aliphatic rings. The molecule has 68 valence electrons. The van der Waals surface area contributed by atoms with Crippen molar-refractivity contribution in [2.75, 3.05) is 0 Å². The molecular weight excluding hydrogens is 180 g/mol. The molecule has 0 fully saturated rings. The number of fused-ring (bicyclic) bond motifs is 1. The normalized spacial score (nSPS) is 9.93. The van der Waals surface area contributed by atoms with Crippen molar-refractivity contribution in [3.63, 3.8) is 0 Å². The Balaban J connectivity index is 2.67. The fourth-order valence-corrected chi connectivity index (χ4v) is 1.23. The lowest BCUT2D eigenvalue weighted by molar-refractivity contribution is 0.0976. The Morgan fingerprint density at radius 1 is 1.43 bits per heavy atom.